The number of fused-ring (bicyclic) bond motifs is 1. The molecule has 0 aromatic heterocycles. The molecule has 2 heteroatoms. The highest BCUT2D eigenvalue weighted by Gasteiger charge is 2.23. The van der Waals surface area contributed by atoms with Crippen molar-refractivity contribution >= 4 is 17.2 Å². The van der Waals surface area contributed by atoms with Gasteiger partial charge in [0.1, 0.15) is 0 Å². The molecule has 0 saturated heterocycles. The number of hydrogen-bond acceptors (Lipinski definition) is 2. The molecule has 2 nitrogen and oxygen atoms in total. The van der Waals surface area contributed by atoms with Crippen LogP contribution in [0.4, 0.5) is 0 Å². The summed E-state index contributed by atoms with van der Waals surface area (Å²) in [4.78, 5) is 0. The Balaban J connectivity index is 1.65. The van der Waals surface area contributed by atoms with Crippen molar-refractivity contribution in [2.24, 2.45) is 0 Å². The van der Waals surface area contributed by atoms with Crippen LogP contribution >= 0.6 is 0 Å². The topological polar surface area (TPSA) is 40.5 Å². The number of aryl methyl sites for hydroxylation is 1. The summed E-state index contributed by atoms with van der Waals surface area (Å²) in [7, 11) is 0. The van der Waals surface area contributed by atoms with Crippen molar-refractivity contribution in [1.82, 2.24) is 0 Å². The van der Waals surface area contributed by atoms with Gasteiger partial charge in [-0.15, -0.1) is 0 Å². The highest BCUT2D eigenvalue weighted by atomic mass is 16.5. The van der Waals surface area contributed by atoms with Gasteiger partial charge in [0.15, 0.2) is 6.29 Å². The van der Waals surface area contributed by atoms with Gasteiger partial charge in [0.25, 0.3) is 0 Å². The third-order valence-electron chi connectivity index (χ3n) is 4.95. The Morgan fingerprint density at radius 3 is 2.71 bits per heavy atom. The second kappa shape index (κ2) is 5.90. The quantitative estimate of drug-likeness (QED) is 0.830. The molecular formula is C22H20O2. The molecule has 4 rings (SSSR count). The van der Waals surface area contributed by atoms with Crippen LogP contribution in [0.1, 0.15) is 40.2 Å². The Morgan fingerprint density at radius 2 is 1.92 bits per heavy atom. The molecule has 0 spiro atoms. The Hall–Kier alpha value is -2.42. The van der Waals surface area contributed by atoms with Gasteiger partial charge >= 0.3 is 0 Å². The molecule has 0 radical (unpaired) electrons. The summed E-state index contributed by atoms with van der Waals surface area (Å²) in [6, 6.07) is 14.7. The summed E-state index contributed by atoms with van der Waals surface area (Å²) < 4.78 is 0. The fraction of sp³-hybridized carbons (Fsp3) is 0.182. The zero-order valence-corrected chi connectivity index (χ0v) is 13.6. The van der Waals surface area contributed by atoms with E-state index in [9.17, 15) is 10.2 Å². The first-order valence-corrected chi connectivity index (χ1v) is 8.29. The summed E-state index contributed by atoms with van der Waals surface area (Å²) in [5.41, 5.74) is 8.43. The standard InChI is InChI=1S/C22H20O2/c1-14-4-2-3-5-19(14)17-7-6-15(12-17)16-8-10-20-18(13-16)9-11-21(20)22(23)24/h2-6,8-13,21-24H,7H2,1H3. The monoisotopic (exact) mass is 316 g/mol. The number of rotatable bonds is 3. The first kappa shape index (κ1) is 15.1. The van der Waals surface area contributed by atoms with E-state index in [2.05, 4.69) is 55.5 Å². The van der Waals surface area contributed by atoms with Gasteiger partial charge in [-0.2, -0.15) is 0 Å². The maximum Gasteiger partial charge on any atom is 0.161 e. The van der Waals surface area contributed by atoms with Crippen LogP contribution in [0.15, 0.2) is 60.7 Å². The van der Waals surface area contributed by atoms with Crippen molar-refractivity contribution < 1.29 is 10.2 Å². The number of allylic oxidation sites excluding steroid dienone is 4. The molecule has 1 atom stereocenters. The Morgan fingerprint density at radius 1 is 1.08 bits per heavy atom. The number of hydrogen-bond donors (Lipinski definition) is 2. The average molecular weight is 316 g/mol. The minimum absolute atomic E-state index is 0.315. The van der Waals surface area contributed by atoms with Crippen LogP contribution in [0.3, 0.4) is 0 Å². The largest absolute Gasteiger partial charge is 0.367 e. The summed E-state index contributed by atoms with van der Waals surface area (Å²) in [6.07, 6.45) is 7.97. The molecule has 0 heterocycles. The van der Waals surface area contributed by atoms with E-state index in [4.69, 9.17) is 0 Å². The van der Waals surface area contributed by atoms with Crippen molar-refractivity contribution in [2.45, 2.75) is 25.6 Å². The van der Waals surface area contributed by atoms with Gasteiger partial charge in [-0.25, -0.2) is 0 Å². The average Bonchev–Trinajstić information content (AvgIpc) is 3.21. The third-order valence-corrected chi connectivity index (χ3v) is 4.95. The summed E-state index contributed by atoms with van der Waals surface area (Å²) in [5, 5.41) is 18.9. The van der Waals surface area contributed by atoms with Gasteiger partial charge < -0.3 is 10.2 Å². The van der Waals surface area contributed by atoms with E-state index in [1.165, 1.54) is 27.8 Å². The van der Waals surface area contributed by atoms with Crippen molar-refractivity contribution in [1.29, 1.82) is 0 Å². The minimum Gasteiger partial charge on any atom is -0.367 e. The van der Waals surface area contributed by atoms with Crippen molar-refractivity contribution in [3.05, 3.63) is 88.5 Å². The van der Waals surface area contributed by atoms with E-state index in [0.717, 1.165) is 17.5 Å². The van der Waals surface area contributed by atoms with Gasteiger partial charge in [-0.3, -0.25) is 0 Å². The second-order valence-corrected chi connectivity index (χ2v) is 6.49. The van der Waals surface area contributed by atoms with E-state index in [0.29, 0.717) is 0 Å². The smallest absolute Gasteiger partial charge is 0.161 e. The maximum absolute atomic E-state index is 9.45. The normalized spacial score (nSPS) is 18.8. The highest BCUT2D eigenvalue weighted by molar-refractivity contribution is 5.90. The second-order valence-electron chi connectivity index (χ2n) is 6.49. The number of benzene rings is 2. The van der Waals surface area contributed by atoms with Crippen LogP contribution in [-0.2, 0) is 0 Å². The van der Waals surface area contributed by atoms with Crippen LogP contribution in [0.2, 0.25) is 0 Å². The molecule has 2 aliphatic rings. The Kier molecular flexibility index (Phi) is 3.72. The molecule has 1 unspecified atom stereocenters. The molecule has 2 N–H and O–H groups in total. The van der Waals surface area contributed by atoms with Crippen LogP contribution < -0.4 is 0 Å². The molecule has 0 bridgehead atoms. The van der Waals surface area contributed by atoms with Crippen LogP contribution in [-0.4, -0.2) is 16.5 Å². The van der Waals surface area contributed by atoms with Crippen LogP contribution in [0.25, 0.3) is 17.2 Å². The fourth-order valence-corrected chi connectivity index (χ4v) is 3.62. The molecule has 24 heavy (non-hydrogen) atoms. The molecule has 2 aromatic carbocycles. The summed E-state index contributed by atoms with van der Waals surface area (Å²) in [6.45, 7) is 2.15. The Bertz CT molecular complexity index is 885. The summed E-state index contributed by atoms with van der Waals surface area (Å²) in [5.74, 6) is -0.315. The Labute approximate surface area is 142 Å². The number of aliphatic hydroxyl groups excluding tert-OH is 1. The van der Waals surface area contributed by atoms with Crippen molar-refractivity contribution in [3.8, 4) is 0 Å². The first-order valence-electron chi connectivity index (χ1n) is 8.29. The van der Waals surface area contributed by atoms with Gasteiger partial charge in [-0.1, -0.05) is 60.7 Å². The van der Waals surface area contributed by atoms with E-state index in [1.807, 2.05) is 18.2 Å². The molecule has 0 amide bonds. The van der Waals surface area contributed by atoms with Crippen molar-refractivity contribution in [2.75, 3.05) is 0 Å². The third kappa shape index (κ3) is 2.54. The van der Waals surface area contributed by atoms with E-state index < -0.39 is 6.29 Å². The zero-order chi connectivity index (χ0) is 16.7. The molecule has 2 aliphatic carbocycles. The lowest BCUT2D eigenvalue weighted by atomic mass is 9.96. The SMILES string of the molecule is Cc1ccccc1C1=CC(c2ccc3c(c2)C=CC3C(O)O)=CC1. The molecule has 0 fully saturated rings. The van der Waals surface area contributed by atoms with E-state index in [1.54, 1.807) is 0 Å². The lowest BCUT2D eigenvalue weighted by Crippen LogP contribution is -2.14. The highest BCUT2D eigenvalue weighted by Crippen LogP contribution is 2.37. The van der Waals surface area contributed by atoms with Gasteiger partial charge in [0, 0.05) is 0 Å². The molecule has 120 valence electrons. The van der Waals surface area contributed by atoms with Gasteiger partial charge in [-0.05, 0) is 58.4 Å². The first-order chi connectivity index (χ1) is 11.6. The lowest BCUT2D eigenvalue weighted by molar-refractivity contribution is -0.0490. The number of aliphatic hydroxyl groups is 2. The van der Waals surface area contributed by atoms with Crippen molar-refractivity contribution in [3.63, 3.8) is 0 Å². The van der Waals surface area contributed by atoms with Crippen LogP contribution in [0.5, 0.6) is 0 Å². The molecule has 2 aromatic rings. The molecular weight excluding hydrogens is 296 g/mol. The lowest BCUT2D eigenvalue weighted by Gasteiger charge is -2.13. The van der Waals surface area contributed by atoms with E-state index in [-0.39, 0.29) is 5.92 Å². The van der Waals surface area contributed by atoms with Gasteiger partial charge in [0.2, 0.25) is 0 Å². The summed E-state index contributed by atoms with van der Waals surface area (Å²) >= 11 is 0. The van der Waals surface area contributed by atoms with E-state index >= 15 is 0 Å². The molecule has 0 saturated carbocycles. The fourth-order valence-electron chi connectivity index (χ4n) is 3.62. The van der Waals surface area contributed by atoms with Crippen LogP contribution in [0, 0.1) is 6.92 Å². The zero-order valence-electron chi connectivity index (χ0n) is 13.6. The predicted octanol–water partition coefficient (Wildman–Crippen LogP) is 4.29. The minimum atomic E-state index is -1.34. The predicted molar refractivity (Wildman–Crippen MR) is 98.2 cm³/mol. The molecule has 0 aliphatic heterocycles. The maximum atomic E-state index is 9.45. The van der Waals surface area contributed by atoms with Gasteiger partial charge in [0.05, 0.1) is 5.92 Å².